The maximum absolute atomic E-state index is 11.3. The second kappa shape index (κ2) is 2.44. The summed E-state index contributed by atoms with van der Waals surface area (Å²) in [5.41, 5.74) is 0.0277. The summed E-state index contributed by atoms with van der Waals surface area (Å²) >= 11 is 0. The van der Waals surface area contributed by atoms with Crippen LogP contribution in [0.4, 0.5) is 0 Å². The summed E-state index contributed by atoms with van der Waals surface area (Å²) in [5, 5.41) is 8.78. The molecule has 0 bridgehead atoms. The van der Waals surface area contributed by atoms with Gasteiger partial charge in [0.25, 0.3) is 0 Å². The van der Waals surface area contributed by atoms with Crippen molar-refractivity contribution in [2.24, 2.45) is 11.3 Å². The topological polar surface area (TPSA) is 54.4 Å². The van der Waals surface area contributed by atoms with Crippen LogP contribution in [-0.4, -0.2) is 16.9 Å². The maximum atomic E-state index is 11.3. The summed E-state index contributed by atoms with van der Waals surface area (Å²) in [6.07, 6.45) is 1.73. The van der Waals surface area contributed by atoms with Crippen LogP contribution in [0, 0.1) is 11.3 Å². The van der Waals surface area contributed by atoms with E-state index in [1.165, 1.54) is 0 Å². The Morgan fingerprint density at radius 1 is 1.58 bits per heavy atom. The molecule has 1 atom stereocenters. The van der Waals surface area contributed by atoms with Gasteiger partial charge in [0.2, 0.25) is 0 Å². The fraction of sp³-hybridized carbons (Fsp3) is 0.556. The highest BCUT2D eigenvalue weighted by Crippen LogP contribution is 2.38. The average Bonchev–Trinajstić information content (AvgIpc) is 2.01. The molecule has 1 unspecified atom stereocenters. The van der Waals surface area contributed by atoms with Crippen LogP contribution in [0.5, 0.6) is 0 Å². The number of carbonyl (C=O) groups excluding carboxylic acids is 1. The molecule has 0 aromatic carbocycles. The molecule has 3 heteroatoms. The third kappa shape index (κ3) is 1.15. The summed E-state index contributed by atoms with van der Waals surface area (Å²) < 4.78 is 0. The van der Waals surface area contributed by atoms with Gasteiger partial charge in [-0.15, -0.1) is 0 Å². The van der Waals surface area contributed by atoms with E-state index in [2.05, 4.69) is 0 Å². The van der Waals surface area contributed by atoms with Crippen LogP contribution in [-0.2, 0) is 9.59 Å². The highest BCUT2D eigenvalue weighted by Gasteiger charge is 2.44. The number of ketones is 1. The Morgan fingerprint density at radius 2 is 2.08 bits per heavy atom. The molecule has 0 heterocycles. The van der Waals surface area contributed by atoms with Crippen molar-refractivity contribution < 1.29 is 14.7 Å². The number of hydrogen-bond donors (Lipinski definition) is 1. The number of carboxylic acid groups (broad SMARTS) is 1. The van der Waals surface area contributed by atoms with E-state index in [1.54, 1.807) is 26.8 Å². The molecule has 0 amide bonds. The lowest BCUT2D eigenvalue weighted by atomic mass is 9.82. The third-order valence-corrected chi connectivity index (χ3v) is 2.23. The predicted octanol–water partition coefficient (Wildman–Crippen LogP) is 1.24. The number of carbonyl (C=O) groups is 2. The maximum Gasteiger partial charge on any atom is 0.315 e. The number of aliphatic carboxylic acids is 1. The van der Waals surface area contributed by atoms with Crippen LogP contribution in [0.3, 0.4) is 0 Å². The molecule has 0 saturated carbocycles. The van der Waals surface area contributed by atoms with Crippen LogP contribution in [0.2, 0.25) is 0 Å². The molecule has 0 fully saturated rings. The third-order valence-electron chi connectivity index (χ3n) is 2.23. The van der Waals surface area contributed by atoms with Crippen LogP contribution >= 0.6 is 0 Å². The standard InChI is InChI=1S/C9H12O3/c1-5-4-9(2,3)6(7(5)10)8(11)12/h4,6H,1-3H3,(H,11,12). The molecule has 66 valence electrons. The van der Waals surface area contributed by atoms with Crippen molar-refractivity contribution in [3.05, 3.63) is 11.6 Å². The number of allylic oxidation sites excluding steroid dienone is 2. The Morgan fingerprint density at radius 3 is 2.25 bits per heavy atom. The van der Waals surface area contributed by atoms with E-state index < -0.39 is 17.3 Å². The molecule has 1 aliphatic rings. The van der Waals surface area contributed by atoms with E-state index in [9.17, 15) is 9.59 Å². The molecule has 0 spiro atoms. The first-order chi connectivity index (χ1) is 5.36. The second-order valence-electron chi connectivity index (χ2n) is 3.78. The Bertz CT molecular complexity index is 273. The van der Waals surface area contributed by atoms with Gasteiger partial charge < -0.3 is 5.11 Å². The minimum Gasteiger partial charge on any atom is -0.481 e. The molecule has 1 N–H and O–H groups in total. The first kappa shape index (κ1) is 8.97. The molecule has 0 saturated heterocycles. The molecule has 0 aromatic heterocycles. The van der Waals surface area contributed by atoms with Crippen molar-refractivity contribution >= 4 is 11.8 Å². The Kier molecular flexibility index (Phi) is 1.82. The highest BCUT2D eigenvalue weighted by molar-refractivity contribution is 6.10. The van der Waals surface area contributed by atoms with Gasteiger partial charge in [-0.25, -0.2) is 0 Å². The lowest BCUT2D eigenvalue weighted by molar-refractivity contribution is -0.147. The zero-order valence-corrected chi connectivity index (χ0v) is 7.42. The number of hydrogen-bond acceptors (Lipinski definition) is 2. The minimum atomic E-state index is -1.03. The zero-order chi connectivity index (χ0) is 9.52. The van der Waals surface area contributed by atoms with Crippen LogP contribution in [0.15, 0.2) is 11.6 Å². The fourth-order valence-electron chi connectivity index (χ4n) is 1.71. The van der Waals surface area contributed by atoms with Gasteiger partial charge in [0, 0.05) is 5.41 Å². The largest absolute Gasteiger partial charge is 0.481 e. The summed E-state index contributed by atoms with van der Waals surface area (Å²) in [5.74, 6) is -2.18. The second-order valence-corrected chi connectivity index (χ2v) is 3.78. The molecule has 1 aliphatic carbocycles. The molecule has 1 rings (SSSR count). The summed E-state index contributed by atoms with van der Waals surface area (Å²) in [4.78, 5) is 22.0. The van der Waals surface area contributed by atoms with Crippen LogP contribution in [0.25, 0.3) is 0 Å². The lowest BCUT2D eigenvalue weighted by Gasteiger charge is -2.20. The number of carboxylic acids is 1. The van der Waals surface area contributed by atoms with Gasteiger partial charge in [-0.3, -0.25) is 9.59 Å². The average molecular weight is 168 g/mol. The molecule has 12 heavy (non-hydrogen) atoms. The van der Waals surface area contributed by atoms with Gasteiger partial charge in [-0.2, -0.15) is 0 Å². The van der Waals surface area contributed by atoms with Crippen molar-refractivity contribution in [3.8, 4) is 0 Å². The predicted molar refractivity (Wildman–Crippen MR) is 43.7 cm³/mol. The molecule has 3 nitrogen and oxygen atoms in total. The molecule has 0 aromatic rings. The smallest absolute Gasteiger partial charge is 0.315 e. The number of rotatable bonds is 1. The van der Waals surface area contributed by atoms with Gasteiger partial charge in [0.05, 0.1) is 0 Å². The quantitative estimate of drug-likeness (QED) is 0.599. The zero-order valence-electron chi connectivity index (χ0n) is 7.42. The van der Waals surface area contributed by atoms with Gasteiger partial charge in [-0.05, 0) is 12.5 Å². The van der Waals surface area contributed by atoms with Gasteiger partial charge in [-0.1, -0.05) is 19.9 Å². The van der Waals surface area contributed by atoms with E-state index in [-0.39, 0.29) is 5.78 Å². The Balaban J connectivity index is 3.07. The SMILES string of the molecule is CC1=CC(C)(C)C(C(=O)O)C1=O. The van der Waals surface area contributed by atoms with Crippen LogP contribution in [0.1, 0.15) is 20.8 Å². The van der Waals surface area contributed by atoms with E-state index in [4.69, 9.17) is 5.11 Å². The minimum absolute atomic E-state index is 0.257. The molecular weight excluding hydrogens is 156 g/mol. The summed E-state index contributed by atoms with van der Waals surface area (Å²) in [6.45, 7) is 5.19. The highest BCUT2D eigenvalue weighted by atomic mass is 16.4. The Hall–Kier alpha value is -1.12. The Labute approximate surface area is 71.1 Å². The fourth-order valence-corrected chi connectivity index (χ4v) is 1.71. The van der Waals surface area contributed by atoms with E-state index in [1.807, 2.05) is 0 Å². The van der Waals surface area contributed by atoms with E-state index in [0.717, 1.165) is 0 Å². The van der Waals surface area contributed by atoms with Crippen molar-refractivity contribution in [3.63, 3.8) is 0 Å². The van der Waals surface area contributed by atoms with Gasteiger partial charge >= 0.3 is 5.97 Å². The van der Waals surface area contributed by atoms with Crippen molar-refractivity contribution in [2.45, 2.75) is 20.8 Å². The first-order valence-corrected chi connectivity index (χ1v) is 3.83. The molecule has 0 radical (unpaired) electrons. The normalized spacial score (nSPS) is 27.1. The van der Waals surface area contributed by atoms with Crippen molar-refractivity contribution in [2.75, 3.05) is 0 Å². The van der Waals surface area contributed by atoms with E-state index in [0.29, 0.717) is 5.57 Å². The van der Waals surface area contributed by atoms with Crippen LogP contribution < -0.4 is 0 Å². The van der Waals surface area contributed by atoms with Gasteiger partial charge in [0.1, 0.15) is 5.92 Å². The van der Waals surface area contributed by atoms with Crippen molar-refractivity contribution in [1.82, 2.24) is 0 Å². The first-order valence-electron chi connectivity index (χ1n) is 3.83. The summed E-state index contributed by atoms with van der Waals surface area (Å²) in [7, 11) is 0. The molecule has 0 aliphatic heterocycles. The monoisotopic (exact) mass is 168 g/mol. The summed E-state index contributed by atoms with van der Waals surface area (Å²) in [6, 6.07) is 0. The van der Waals surface area contributed by atoms with Gasteiger partial charge in [0.15, 0.2) is 5.78 Å². The van der Waals surface area contributed by atoms with E-state index >= 15 is 0 Å². The van der Waals surface area contributed by atoms with Crippen molar-refractivity contribution in [1.29, 1.82) is 0 Å². The molecular formula is C9H12O3. The number of Topliss-reactive ketones (excluding diaryl/α,β-unsaturated/α-hetero) is 1. The lowest BCUT2D eigenvalue weighted by Crippen LogP contribution is -2.31.